The van der Waals surface area contributed by atoms with Crippen LogP contribution in [0, 0.1) is 11.7 Å². The molecule has 3 nitrogen and oxygen atoms in total. The van der Waals surface area contributed by atoms with Crippen LogP contribution in [-0.4, -0.2) is 29.7 Å². The van der Waals surface area contributed by atoms with E-state index in [1.807, 2.05) is 19.9 Å². The fourth-order valence-electron chi connectivity index (χ4n) is 3.10. The number of carbonyl (C=O) groups excluding carboxylic acids is 2. The molecule has 24 heavy (non-hydrogen) atoms. The molecule has 2 atom stereocenters. The molecular weight excluding hydrogens is 305 g/mol. The van der Waals surface area contributed by atoms with E-state index in [2.05, 4.69) is 0 Å². The molecule has 0 saturated carbocycles. The molecule has 4 heteroatoms. The minimum atomic E-state index is -0.879. The summed E-state index contributed by atoms with van der Waals surface area (Å²) in [7, 11) is 0. The summed E-state index contributed by atoms with van der Waals surface area (Å²) in [5.74, 6) is -0.987. The second-order valence-electron chi connectivity index (χ2n) is 6.25. The van der Waals surface area contributed by atoms with Gasteiger partial charge in [0.05, 0.1) is 11.3 Å². The topological polar surface area (TPSA) is 37.4 Å². The van der Waals surface area contributed by atoms with Crippen LogP contribution in [0.15, 0.2) is 48.1 Å². The average Bonchev–Trinajstić information content (AvgIpc) is 2.58. The highest BCUT2D eigenvalue weighted by molar-refractivity contribution is 6.09. The molecule has 1 aliphatic carbocycles. The predicted octanol–water partition coefficient (Wildman–Crippen LogP) is 3.65. The Bertz CT molecular complexity index is 686. The average molecular weight is 329 g/mol. The maximum atomic E-state index is 13.2. The second-order valence-corrected chi connectivity index (χ2v) is 6.25. The minimum Gasteiger partial charge on any atom is -0.343 e. The summed E-state index contributed by atoms with van der Waals surface area (Å²) >= 11 is 0. The van der Waals surface area contributed by atoms with Crippen molar-refractivity contribution in [2.75, 3.05) is 13.1 Å². The number of allylic oxidation sites excluding steroid dienone is 3. The van der Waals surface area contributed by atoms with Crippen molar-refractivity contribution >= 4 is 11.7 Å². The molecule has 0 saturated heterocycles. The van der Waals surface area contributed by atoms with E-state index in [1.54, 1.807) is 43.0 Å². The SMILES string of the molecule is CCN(CC)C(=O)C(C)C1=CC=CC(C)(c2ccc(F)cc2)C1=O. The fourth-order valence-corrected chi connectivity index (χ4v) is 3.10. The van der Waals surface area contributed by atoms with Crippen molar-refractivity contribution in [1.82, 2.24) is 4.90 Å². The number of carbonyl (C=O) groups is 2. The number of nitrogens with zero attached hydrogens (tertiary/aromatic N) is 1. The van der Waals surface area contributed by atoms with Crippen LogP contribution in [0.2, 0.25) is 0 Å². The third kappa shape index (κ3) is 3.18. The summed E-state index contributed by atoms with van der Waals surface area (Å²) in [6, 6.07) is 5.95. The highest BCUT2D eigenvalue weighted by atomic mass is 19.1. The molecule has 128 valence electrons. The smallest absolute Gasteiger partial charge is 0.229 e. The van der Waals surface area contributed by atoms with Crippen LogP contribution in [0.3, 0.4) is 0 Å². The Morgan fingerprint density at radius 2 is 1.79 bits per heavy atom. The Hall–Kier alpha value is -2.23. The number of benzene rings is 1. The standard InChI is InChI=1S/C20H24FNO2/c1-5-22(6-2)19(24)14(3)17-8-7-13-20(4,18(17)23)15-9-11-16(21)12-10-15/h7-14H,5-6H2,1-4H3. The quantitative estimate of drug-likeness (QED) is 0.827. The third-order valence-corrected chi connectivity index (χ3v) is 4.80. The number of rotatable bonds is 5. The first kappa shape index (κ1) is 18.1. The van der Waals surface area contributed by atoms with Crippen molar-refractivity contribution in [2.24, 2.45) is 5.92 Å². The molecule has 0 heterocycles. The molecule has 2 unspecified atom stereocenters. The molecule has 1 aliphatic rings. The highest BCUT2D eigenvalue weighted by Crippen LogP contribution is 2.35. The van der Waals surface area contributed by atoms with E-state index in [4.69, 9.17) is 0 Å². The molecule has 0 bridgehead atoms. The van der Waals surface area contributed by atoms with E-state index in [0.29, 0.717) is 18.7 Å². The molecule has 0 aromatic heterocycles. The summed E-state index contributed by atoms with van der Waals surface area (Å²) in [5.41, 5.74) is 0.342. The zero-order valence-electron chi connectivity index (χ0n) is 14.7. The zero-order chi connectivity index (χ0) is 17.9. The molecule has 0 aliphatic heterocycles. The van der Waals surface area contributed by atoms with E-state index in [0.717, 1.165) is 5.56 Å². The molecule has 1 amide bonds. The van der Waals surface area contributed by atoms with E-state index >= 15 is 0 Å². The summed E-state index contributed by atoms with van der Waals surface area (Å²) < 4.78 is 13.2. The Kier molecular flexibility index (Phi) is 5.37. The lowest BCUT2D eigenvalue weighted by Crippen LogP contribution is -2.41. The second kappa shape index (κ2) is 7.12. The van der Waals surface area contributed by atoms with Crippen LogP contribution in [0.1, 0.15) is 33.3 Å². The number of Topliss-reactive ketones (excluding diaryl/α,β-unsaturated/α-hetero) is 1. The van der Waals surface area contributed by atoms with Gasteiger partial charge in [-0.15, -0.1) is 0 Å². The molecule has 0 spiro atoms. The Morgan fingerprint density at radius 1 is 1.21 bits per heavy atom. The largest absolute Gasteiger partial charge is 0.343 e. The molecule has 0 radical (unpaired) electrons. The van der Waals surface area contributed by atoms with E-state index in [1.165, 1.54) is 12.1 Å². The van der Waals surface area contributed by atoms with Gasteiger partial charge in [0.1, 0.15) is 5.82 Å². The lowest BCUT2D eigenvalue weighted by Gasteiger charge is -2.32. The Balaban J connectivity index is 2.33. The van der Waals surface area contributed by atoms with Gasteiger partial charge in [0.25, 0.3) is 0 Å². The van der Waals surface area contributed by atoms with Crippen molar-refractivity contribution in [3.8, 4) is 0 Å². The van der Waals surface area contributed by atoms with Gasteiger partial charge in [-0.2, -0.15) is 0 Å². The zero-order valence-corrected chi connectivity index (χ0v) is 14.7. The maximum Gasteiger partial charge on any atom is 0.229 e. The molecule has 0 fully saturated rings. The molecule has 2 rings (SSSR count). The van der Waals surface area contributed by atoms with Crippen molar-refractivity contribution in [3.63, 3.8) is 0 Å². The van der Waals surface area contributed by atoms with Crippen LogP contribution < -0.4 is 0 Å². The number of hydrogen-bond donors (Lipinski definition) is 0. The summed E-state index contributed by atoms with van der Waals surface area (Å²) in [6.45, 7) is 8.66. The van der Waals surface area contributed by atoms with Crippen LogP contribution >= 0.6 is 0 Å². The number of hydrogen-bond acceptors (Lipinski definition) is 2. The Morgan fingerprint density at radius 3 is 2.33 bits per heavy atom. The normalized spacial score (nSPS) is 21.4. The van der Waals surface area contributed by atoms with Gasteiger partial charge in [-0.1, -0.05) is 30.4 Å². The Labute approximate surface area is 142 Å². The number of halogens is 1. The van der Waals surface area contributed by atoms with E-state index < -0.39 is 11.3 Å². The molecule has 0 N–H and O–H groups in total. The van der Waals surface area contributed by atoms with Crippen LogP contribution in [0.4, 0.5) is 4.39 Å². The van der Waals surface area contributed by atoms with Gasteiger partial charge in [-0.25, -0.2) is 4.39 Å². The predicted molar refractivity (Wildman–Crippen MR) is 93.1 cm³/mol. The first-order valence-corrected chi connectivity index (χ1v) is 8.34. The highest BCUT2D eigenvalue weighted by Gasteiger charge is 2.39. The van der Waals surface area contributed by atoms with Crippen LogP contribution in [0.25, 0.3) is 0 Å². The summed E-state index contributed by atoms with van der Waals surface area (Å²) in [5, 5.41) is 0. The van der Waals surface area contributed by atoms with Gasteiger partial charge >= 0.3 is 0 Å². The van der Waals surface area contributed by atoms with Gasteiger partial charge in [-0.05, 0) is 45.4 Å². The minimum absolute atomic E-state index is 0.0450. The van der Waals surface area contributed by atoms with E-state index in [-0.39, 0.29) is 17.5 Å². The first-order valence-electron chi connectivity index (χ1n) is 8.34. The van der Waals surface area contributed by atoms with Gasteiger partial charge in [0, 0.05) is 18.7 Å². The lowest BCUT2D eigenvalue weighted by atomic mass is 9.71. The fraction of sp³-hybridized carbons (Fsp3) is 0.400. The van der Waals surface area contributed by atoms with Crippen molar-refractivity contribution in [1.29, 1.82) is 0 Å². The number of amides is 1. The molecule has 1 aromatic rings. The van der Waals surface area contributed by atoms with E-state index in [9.17, 15) is 14.0 Å². The lowest BCUT2D eigenvalue weighted by molar-refractivity contribution is -0.135. The van der Waals surface area contributed by atoms with Crippen LogP contribution in [0.5, 0.6) is 0 Å². The van der Waals surface area contributed by atoms with Crippen molar-refractivity contribution in [2.45, 2.75) is 33.1 Å². The number of ketones is 1. The van der Waals surface area contributed by atoms with Gasteiger partial charge in [0.15, 0.2) is 5.78 Å². The van der Waals surface area contributed by atoms with Crippen LogP contribution in [-0.2, 0) is 15.0 Å². The third-order valence-electron chi connectivity index (χ3n) is 4.80. The van der Waals surface area contributed by atoms with Gasteiger partial charge in [-0.3, -0.25) is 9.59 Å². The monoisotopic (exact) mass is 329 g/mol. The summed E-state index contributed by atoms with van der Waals surface area (Å²) in [6.07, 6.45) is 5.34. The van der Waals surface area contributed by atoms with Gasteiger partial charge < -0.3 is 4.90 Å². The molecular formula is C20H24FNO2. The van der Waals surface area contributed by atoms with Crippen molar-refractivity contribution < 1.29 is 14.0 Å². The molecule has 1 aromatic carbocycles. The first-order chi connectivity index (χ1) is 11.3. The maximum absolute atomic E-state index is 13.2. The summed E-state index contributed by atoms with van der Waals surface area (Å²) in [4.78, 5) is 27.4. The van der Waals surface area contributed by atoms with Crippen molar-refractivity contribution in [3.05, 3.63) is 59.4 Å². The van der Waals surface area contributed by atoms with Gasteiger partial charge in [0.2, 0.25) is 5.91 Å².